The van der Waals surface area contributed by atoms with E-state index in [0.29, 0.717) is 13.0 Å². The van der Waals surface area contributed by atoms with Crippen LogP contribution in [-0.2, 0) is 9.53 Å². The summed E-state index contributed by atoms with van der Waals surface area (Å²) in [6.07, 6.45) is 1.45. The third-order valence-corrected chi connectivity index (χ3v) is 1.23. The Morgan fingerprint density at radius 1 is 1.45 bits per heavy atom. The predicted molar refractivity (Wildman–Crippen MR) is 45.6 cm³/mol. The molecule has 0 amide bonds. The minimum Gasteiger partial charge on any atom is -0.378 e. The predicted octanol–water partition coefficient (Wildman–Crippen LogP) is 2.03. The number of carbonyl (C=O) groups excluding carboxylic acids is 1. The molecule has 1 atom stereocenters. The largest absolute Gasteiger partial charge is 0.378 e. The second kappa shape index (κ2) is 4.50. The van der Waals surface area contributed by atoms with Gasteiger partial charge in [0.05, 0.1) is 12.7 Å². The summed E-state index contributed by atoms with van der Waals surface area (Å²) >= 11 is 0. The first-order valence-corrected chi connectivity index (χ1v) is 4.01. The molecule has 0 aliphatic carbocycles. The SMILES string of the molecule is CC(CC=O)OCC(C)(C)C. The number of ether oxygens (including phenoxy) is 1. The maximum absolute atomic E-state index is 10.1. The van der Waals surface area contributed by atoms with E-state index in [0.717, 1.165) is 6.29 Å². The van der Waals surface area contributed by atoms with Crippen LogP contribution in [-0.4, -0.2) is 19.0 Å². The smallest absolute Gasteiger partial charge is 0.122 e. The summed E-state index contributed by atoms with van der Waals surface area (Å²) in [4.78, 5) is 10.1. The topological polar surface area (TPSA) is 26.3 Å². The van der Waals surface area contributed by atoms with Crippen LogP contribution in [0.3, 0.4) is 0 Å². The number of hydrogen-bond donors (Lipinski definition) is 0. The fourth-order valence-electron chi connectivity index (χ4n) is 0.596. The number of carbonyl (C=O) groups is 1. The van der Waals surface area contributed by atoms with Crippen molar-refractivity contribution in [2.45, 2.75) is 40.2 Å². The molecular weight excluding hydrogens is 140 g/mol. The molecule has 0 aromatic heterocycles. The Hall–Kier alpha value is -0.370. The van der Waals surface area contributed by atoms with Crippen LogP contribution in [0.15, 0.2) is 0 Å². The Kier molecular flexibility index (Phi) is 4.34. The monoisotopic (exact) mass is 158 g/mol. The second-order valence-corrected chi connectivity index (χ2v) is 4.08. The van der Waals surface area contributed by atoms with Crippen molar-refractivity contribution in [2.75, 3.05) is 6.61 Å². The molecule has 0 spiro atoms. The van der Waals surface area contributed by atoms with Gasteiger partial charge in [0.15, 0.2) is 0 Å². The Bertz CT molecular complexity index is 113. The molecule has 0 bridgehead atoms. The highest BCUT2D eigenvalue weighted by Gasteiger charge is 2.12. The van der Waals surface area contributed by atoms with Gasteiger partial charge in [-0.25, -0.2) is 0 Å². The maximum atomic E-state index is 10.1. The van der Waals surface area contributed by atoms with Crippen molar-refractivity contribution in [3.05, 3.63) is 0 Å². The summed E-state index contributed by atoms with van der Waals surface area (Å²) in [5.41, 5.74) is 0.192. The second-order valence-electron chi connectivity index (χ2n) is 4.08. The van der Waals surface area contributed by atoms with Gasteiger partial charge in [0.2, 0.25) is 0 Å². The Morgan fingerprint density at radius 3 is 2.36 bits per heavy atom. The molecule has 0 aromatic rings. The molecular formula is C9H18O2. The molecule has 0 heterocycles. The molecule has 66 valence electrons. The molecule has 2 nitrogen and oxygen atoms in total. The maximum Gasteiger partial charge on any atom is 0.122 e. The zero-order chi connectivity index (χ0) is 8.91. The first-order chi connectivity index (χ1) is 4.95. The molecule has 0 N–H and O–H groups in total. The van der Waals surface area contributed by atoms with Crippen molar-refractivity contribution < 1.29 is 9.53 Å². The van der Waals surface area contributed by atoms with Crippen LogP contribution >= 0.6 is 0 Å². The van der Waals surface area contributed by atoms with Gasteiger partial charge in [-0.1, -0.05) is 20.8 Å². The normalized spacial score (nSPS) is 14.5. The van der Waals surface area contributed by atoms with Crippen molar-refractivity contribution in [2.24, 2.45) is 5.41 Å². The first-order valence-electron chi connectivity index (χ1n) is 4.01. The molecule has 0 aliphatic rings. The Labute approximate surface area is 68.9 Å². The lowest BCUT2D eigenvalue weighted by Crippen LogP contribution is -2.19. The molecule has 0 rings (SSSR count). The van der Waals surface area contributed by atoms with Crippen LogP contribution in [0.2, 0.25) is 0 Å². The molecule has 0 aliphatic heterocycles. The Morgan fingerprint density at radius 2 is 2.00 bits per heavy atom. The summed E-state index contributed by atoms with van der Waals surface area (Å²) in [6.45, 7) is 8.96. The molecule has 0 fully saturated rings. The van der Waals surface area contributed by atoms with Crippen molar-refractivity contribution >= 4 is 6.29 Å². The summed E-state index contributed by atoms with van der Waals surface area (Å²) in [5, 5.41) is 0. The highest BCUT2D eigenvalue weighted by atomic mass is 16.5. The lowest BCUT2D eigenvalue weighted by Gasteiger charge is -2.20. The molecule has 0 saturated carbocycles. The summed E-state index contributed by atoms with van der Waals surface area (Å²) < 4.78 is 5.42. The first kappa shape index (κ1) is 10.6. The molecule has 1 unspecified atom stereocenters. The molecule has 2 heteroatoms. The van der Waals surface area contributed by atoms with Gasteiger partial charge >= 0.3 is 0 Å². The van der Waals surface area contributed by atoms with Crippen LogP contribution in [0.5, 0.6) is 0 Å². The van der Waals surface area contributed by atoms with Gasteiger partial charge in [0.25, 0.3) is 0 Å². The fourth-order valence-corrected chi connectivity index (χ4v) is 0.596. The molecule has 11 heavy (non-hydrogen) atoms. The number of hydrogen-bond acceptors (Lipinski definition) is 2. The van der Waals surface area contributed by atoms with E-state index >= 15 is 0 Å². The van der Waals surface area contributed by atoms with Crippen LogP contribution in [0, 0.1) is 5.41 Å². The van der Waals surface area contributed by atoms with Gasteiger partial charge in [-0.2, -0.15) is 0 Å². The zero-order valence-electron chi connectivity index (χ0n) is 7.89. The Balaban J connectivity index is 3.45. The van der Waals surface area contributed by atoms with Crippen molar-refractivity contribution in [3.63, 3.8) is 0 Å². The highest BCUT2D eigenvalue weighted by molar-refractivity contribution is 5.49. The average molecular weight is 158 g/mol. The summed E-state index contributed by atoms with van der Waals surface area (Å²) in [6, 6.07) is 0. The van der Waals surface area contributed by atoms with E-state index in [1.807, 2.05) is 6.92 Å². The van der Waals surface area contributed by atoms with Gasteiger partial charge in [-0.3, -0.25) is 0 Å². The van der Waals surface area contributed by atoms with E-state index in [1.54, 1.807) is 0 Å². The minimum atomic E-state index is 0.0618. The minimum absolute atomic E-state index is 0.0618. The molecule has 0 saturated heterocycles. The van der Waals surface area contributed by atoms with Crippen molar-refractivity contribution in [1.29, 1.82) is 0 Å². The van der Waals surface area contributed by atoms with E-state index < -0.39 is 0 Å². The van der Waals surface area contributed by atoms with Crippen LogP contribution < -0.4 is 0 Å². The van der Waals surface area contributed by atoms with Gasteiger partial charge < -0.3 is 9.53 Å². The van der Waals surface area contributed by atoms with E-state index in [9.17, 15) is 4.79 Å². The van der Waals surface area contributed by atoms with E-state index in [2.05, 4.69) is 20.8 Å². The third-order valence-electron chi connectivity index (χ3n) is 1.23. The van der Waals surface area contributed by atoms with Crippen LogP contribution in [0.1, 0.15) is 34.1 Å². The van der Waals surface area contributed by atoms with Gasteiger partial charge in [0, 0.05) is 6.42 Å². The van der Waals surface area contributed by atoms with Crippen LogP contribution in [0.25, 0.3) is 0 Å². The number of aldehydes is 1. The third kappa shape index (κ3) is 7.53. The van der Waals surface area contributed by atoms with Gasteiger partial charge in [-0.05, 0) is 12.3 Å². The molecule has 0 radical (unpaired) electrons. The summed E-state index contributed by atoms with van der Waals surface area (Å²) in [7, 11) is 0. The van der Waals surface area contributed by atoms with Gasteiger partial charge in [-0.15, -0.1) is 0 Å². The fraction of sp³-hybridized carbons (Fsp3) is 0.889. The average Bonchev–Trinajstić information content (AvgIpc) is 1.83. The quantitative estimate of drug-likeness (QED) is 0.585. The number of rotatable bonds is 4. The zero-order valence-corrected chi connectivity index (χ0v) is 7.89. The van der Waals surface area contributed by atoms with Crippen molar-refractivity contribution in [1.82, 2.24) is 0 Å². The van der Waals surface area contributed by atoms with E-state index in [-0.39, 0.29) is 11.5 Å². The molecule has 0 aromatic carbocycles. The summed E-state index contributed by atoms with van der Waals surface area (Å²) in [5.74, 6) is 0. The van der Waals surface area contributed by atoms with E-state index in [1.165, 1.54) is 0 Å². The van der Waals surface area contributed by atoms with E-state index in [4.69, 9.17) is 4.74 Å². The lowest BCUT2D eigenvalue weighted by atomic mass is 9.98. The van der Waals surface area contributed by atoms with Crippen LogP contribution in [0.4, 0.5) is 0 Å². The van der Waals surface area contributed by atoms with Gasteiger partial charge in [0.1, 0.15) is 6.29 Å². The standard InChI is InChI=1S/C9H18O2/c1-8(5-6-10)11-7-9(2,3)4/h6,8H,5,7H2,1-4H3. The lowest BCUT2D eigenvalue weighted by molar-refractivity contribution is -0.110. The highest BCUT2D eigenvalue weighted by Crippen LogP contribution is 2.14. The van der Waals surface area contributed by atoms with Crippen molar-refractivity contribution in [3.8, 4) is 0 Å².